The van der Waals surface area contributed by atoms with Crippen molar-refractivity contribution in [3.05, 3.63) is 24.3 Å². The second kappa shape index (κ2) is 6.90. The Bertz CT molecular complexity index is 569. The van der Waals surface area contributed by atoms with Crippen molar-refractivity contribution in [1.29, 1.82) is 0 Å². The molecule has 2 aromatic rings. The minimum atomic E-state index is -0.0729. The van der Waals surface area contributed by atoms with Crippen LogP contribution in [0.1, 0.15) is 6.92 Å². The maximum atomic E-state index is 11.2. The van der Waals surface area contributed by atoms with E-state index < -0.39 is 0 Å². The SMILES string of the molecule is CCOc1ccc(-n2nnnc2SCC(=O)NC)cc1. The van der Waals surface area contributed by atoms with Gasteiger partial charge in [0.1, 0.15) is 5.75 Å². The van der Waals surface area contributed by atoms with Crippen LogP contribution in [-0.4, -0.2) is 45.5 Å². The van der Waals surface area contributed by atoms with E-state index in [1.54, 1.807) is 11.7 Å². The highest BCUT2D eigenvalue weighted by Crippen LogP contribution is 2.20. The Morgan fingerprint density at radius 3 is 2.80 bits per heavy atom. The molecule has 2 rings (SSSR count). The Morgan fingerprint density at radius 2 is 2.15 bits per heavy atom. The number of nitrogens with zero attached hydrogens (tertiary/aromatic N) is 4. The number of benzene rings is 1. The lowest BCUT2D eigenvalue weighted by molar-refractivity contribution is -0.118. The Kier molecular flexibility index (Phi) is 4.94. The van der Waals surface area contributed by atoms with Crippen LogP contribution in [0.2, 0.25) is 0 Å². The number of rotatable bonds is 6. The van der Waals surface area contributed by atoms with Gasteiger partial charge in [0.05, 0.1) is 18.0 Å². The highest BCUT2D eigenvalue weighted by Gasteiger charge is 2.10. The van der Waals surface area contributed by atoms with Gasteiger partial charge in [0.25, 0.3) is 0 Å². The molecular formula is C12H15N5O2S. The number of aromatic nitrogens is 4. The molecule has 1 heterocycles. The average Bonchev–Trinajstić information content (AvgIpc) is 2.94. The molecule has 8 heteroatoms. The number of thioether (sulfide) groups is 1. The van der Waals surface area contributed by atoms with Crippen LogP contribution in [0.3, 0.4) is 0 Å². The molecule has 0 aliphatic heterocycles. The molecule has 0 radical (unpaired) electrons. The average molecular weight is 293 g/mol. The lowest BCUT2D eigenvalue weighted by Gasteiger charge is -2.06. The van der Waals surface area contributed by atoms with Crippen molar-refractivity contribution in [3.63, 3.8) is 0 Å². The second-order valence-corrected chi connectivity index (χ2v) is 4.70. The van der Waals surface area contributed by atoms with Gasteiger partial charge in [0.2, 0.25) is 11.1 Å². The number of ether oxygens (including phenoxy) is 1. The molecular weight excluding hydrogens is 278 g/mol. The maximum absolute atomic E-state index is 11.2. The molecule has 0 spiro atoms. The first kappa shape index (κ1) is 14.3. The molecule has 1 aromatic heterocycles. The predicted octanol–water partition coefficient (Wildman–Crippen LogP) is 0.899. The fourth-order valence-corrected chi connectivity index (χ4v) is 2.25. The Balaban J connectivity index is 2.12. The van der Waals surface area contributed by atoms with E-state index in [0.717, 1.165) is 11.4 Å². The highest BCUT2D eigenvalue weighted by molar-refractivity contribution is 7.99. The van der Waals surface area contributed by atoms with Gasteiger partial charge in [-0.1, -0.05) is 11.8 Å². The van der Waals surface area contributed by atoms with Crippen LogP contribution in [0.15, 0.2) is 29.4 Å². The van der Waals surface area contributed by atoms with Crippen LogP contribution in [0.5, 0.6) is 5.75 Å². The molecule has 106 valence electrons. The smallest absolute Gasteiger partial charge is 0.230 e. The van der Waals surface area contributed by atoms with Gasteiger partial charge in [-0.25, -0.2) is 0 Å². The second-order valence-electron chi connectivity index (χ2n) is 3.76. The van der Waals surface area contributed by atoms with Crippen LogP contribution in [0.25, 0.3) is 5.69 Å². The number of hydrogen-bond acceptors (Lipinski definition) is 6. The fourth-order valence-electron chi connectivity index (χ4n) is 1.48. The molecule has 0 saturated carbocycles. The van der Waals surface area contributed by atoms with Gasteiger partial charge < -0.3 is 10.1 Å². The molecule has 0 unspecified atom stereocenters. The van der Waals surface area contributed by atoms with Gasteiger partial charge in [-0.15, -0.1) is 5.10 Å². The van der Waals surface area contributed by atoms with Crippen LogP contribution in [0, 0.1) is 0 Å². The van der Waals surface area contributed by atoms with Crippen molar-refractivity contribution in [1.82, 2.24) is 25.5 Å². The van der Waals surface area contributed by atoms with Crippen LogP contribution < -0.4 is 10.1 Å². The summed E-state index contributed by atoms with van der Waals surface area (Å²) < 4.78 is 6.97. The summed E-state index contributed by atoms with van der Waals surface area (Å²) in [4.78, 5) is 11.2. The number of hydrogen-bond donors (Lipinski definition) is 1. The van der Waals surface area contributed by atoms with Gasteiger partial charge in [0, 0.05) is 7.05 Å². The van der Waals surface area contributed by atoms with E-state index in [9.17, 15) is 4.79 Å². The Hall–Kier alpha value is -2.09. The summed E-state index contributed by atoms with van der Waals surface area (Å²) in [6.45, 7) is 2.56. The molecule has 0 saturated heterocycles. The summed E-state index contributed by atoms with van der Waals surface area (Å²) in [7, 11) is 1.60. The third-order valence-corrected chi connectivity index (χ3v) is 3.36. The standard InChI is InChI=1S/C12H15N5O2S/c1-3-19-10-6-4-9(5-7-10)17-12(14-15-16-17)20-8-11(18)13-2/h4-7H,3,8H2,1-2H3,(H,13,18). The van der Waals surface area contributed by atoms with E-state index in [4.69, 9.17) is 4.74 Å². The summed E-state index contributed by atoms with van der Waals surface area (Å²) in [5.74, 6) is 0.994. The van der Waals surface area contributed by atoms with E-state index in [2.05, 4.69) is 20.8 Å². The van der Waals surface area contributed by atoms with Crippen molar-refractivity contribution in [2.75, 3.05) is 19.4 Å². The first-order chi connectivity index (χ1) is 9.74. The van der Waals surface area contributed by atoms with E-state index in [1.807, 2.05) is 31.2 Å². The van der Waals surface area contributed by atoms with Gasteiger partial charge in [-0.2, -0.15) is 4.68 Å². The summed E-state index contributed by atoms with van der Waals surface area (Å²) in [5.41, 5.74) is 0.817. The summed E-state index contributed by atoms with van der Waals surface area (Å²) in [5, 5.41) is 14.6. The number of amides is 1. The number of carbonyl (C=O) groups excluding carboxylic acids is 1. The zero-order valence-corrected chi connectivity index (χ0v) is 12.1. The van der Waals surface area contributed by atoms with Gasteiger partial charge in [-0.05, 0) is 41.6 Å². The predicted molar refractivity (Wildman–Crippen MR) is 75.1 cm³/mol. The number of carbonyl (C=O) groups is 1. The Morgan fingerprint density at radius 1 is 1.40 bits per heavy atom. The minimum Gasteiger partial charge on any atom is -0.494 e. The fraction of sp³-hybridized carbons (Fsp3) is 0.333. The van der Waals surface area contributed by atoms with E-state index in [-0.39, 0.29) is 11.7 Å². The van der Waals surface area contributed by atoms with Crippen molar-refractivity contribution >= 4 is 17.7 Å². The van der Waals surface area contributed by atoms with Crippen molar-refractivity contribution in [3.8, 4) is 11.4 Å². The highest BCUT2D eigenvalue weighted by atomic mass is 32.2. The van der Waals surface area contributed by atoms with E-state index >= 15 is 0 Å². The summed E-state index contributed by atoms with van der Waals surface area (Å²) in [6.07, 6.45) is 0. The van der Waals surface area contributed by atoms with Crippen LogP contribution in [-0.2, 0) is 4.79 Å². The van der Waals surface area contributed by atoms with Crippen molar-refractivity contribution < 1.29 is 9.53 Å². The molecule has 0 fully saturated rings. The van der Waals surface area contributed by atoms with Crippen LogP contribution >= 0.6 is 11.8 Å². The van der Waals surface area contributed by atoms with E-state index in [1.165, 1.54) is 11.8 Å². The molecule has 20 heavy (non-hydrogen) atoms. The third kappa shape index (κ3) is 3.47. The monoisotopic (exact) mass is 293 g/mol. The summed E-state index contributed by atoms with van der Waals surface area (Å²) >= 11 is 1.28. The quantitative estimate of drug-likeness (QED) is 0.797. The zero-order valence-electron chi connectivity index (χ0n) is 11.2. The molecule has 1 aromatic carbocycles. The topological polar surface area (TPSA) is 81.9 Å². The molecule has 0 atom stereocenters. The number of nitrogens with one attached hydrogen (secondary N) is 1. The third-order valence-electron chi connectivity index (χ3n) is 2.44. The van der Waals surface area contributed by atoms with Crippen molar-refractivity contribution in [2.45, 2.75) is 12.1 Å². The van der Waals surface area contributed by atoms with Gasteiger partial charge in [-0.3, -0.25) is 4.79 Å². The molecule has 1 amide bonds. The first-order valence-corrected chi connectivity index (χ1v) is 7.08. The lowest BCUT2D eigenvalue weighted by Crippen LogP contribution is -2.20. The molecule has 1 N–H and O–H groups in total. The zero-order chi connectivity index (χ0) is 14.4. The lowest BCUT2D eigenvalue weighted by atomic mass is 10.3. The molecule has 7 nitrogen and oxygen atoms in total. The largest absolute Gasteiger partial charge is 0.494 e. The van der Waals surface area contributed by atoms with Crippen LogP contribution in [0.4, 0.5) is 0 Å². The molecule has 0 bridgehead atoms. The first-order valence-electron chi connectivity index (χ1n) is 6.09. The van der Waals surface area contributed by atoms with Gasteiger partial charge in [0.15, 0.2) is 0 Å². The normalized spacial score (nSPS) is 10.3. The number of tetrazole rings is 1. The van der Waals surface area contributed by atoms with E-state index in [0.29, 0.717) is 11.8 Å². The Labute approximate surface area is 120 Å². The van der Waals surface area contributed by atoms with Crippen molar-refractivity contribution in [2.24, 2.45) is 0 Å². The summed E-state index contributed by atoms with van der Waals surface area (Å²) in [6, 6.07) is 7.44. The van der Waals surface area contributed by atoms with Gasteiger partial charge >= 0.3 is 0 Å². The molecule has 0 aliphatic carbocycles. The maximum Gasteiger partial charge on any atom is 0.230 e. The molecule has 0 aliphatic rings. The minimum absolute atomic E-state index is 0.0729.